The van der Waals surface area contributed by atoms with Crippen LogP contribution in [0.4, 0.5) is 5.95 Å². The van der Waals surface area contributed by atoms with Crippen molar-refractivity contribution in [2.24, 2.45) is 0 Å². The van der Waals surface area contributed by atoms with Gasteiger partial charge < -0.3 is 10.7 Å². The molecule has 0 amide bonds. The molecule has 0 fully saturated rings. The fraction of sp³-hybridized carbons (Fsp3) is 0.333. The third kappa shape index (κ3) is 1.67. The van der Waals surface area contributed by atoms with Gasteiger partial charge in [-0.2, -0.15) is 0 Å². The number of nitrogens with zero attached hydrogens (tertiary/aromatic N) is 1. The summed E-state index contributed by atoms with van der Waals surface area (Å²) >= 11 is 0. The molecule has 2 aromatic rings. The third-order valence-electron chi connectivity index (χ3n) is 2.17. The Hall–Kier alpha value is -2.18. The van der Waals surface area contributed by atoms with Crippen molar-refractivity contribution in [3.05, 3.63) is 16.2 Å². The molecule has 7 heteroatoms. The maximum atomic E-state index is 11.6. The monoisotopic (exact) mass is 222 g/mol. The van der Waals surface area contributed by atoms with Crippen LogP contribution in [0.3, 0.4) is 0 Å². The summed E-state index contributed by atoms with van der Waals surface area (Å²) in [6, 6.07) is 0. The Kier molecular flexibility index (Phi) is 2.43. The summed E-state index contributed by atoms with van der Waals surface area (Å²) in [7, 11) is 0. The summed E-state index contributed by atoms with van der Waals surface area (Å²) in [5.74, 6) is 0.174. The number of rotatable bonds is 3. The summed E-state index contributed by atoms with van der Waals surface area (Å²) in [4.78, 5) is 34.7. The zero-order chi connectivity index (χ0) is 11.7. The Balaban J connectivity index is 2.56. The van der Waals surface area contributed by atoms with Gasteiger partial charge in [0.2, 0.25) is 11.6 Å². The van der Waals surface area contributed by atoms with Crippen molar-refractivity contribution in [3.63, 3.8) is 0 Å². The van der Waals surface area contributed by atoms with Crippen LogP contribution in [0.15, 0.2) is 4.79 Å². The molecule has 5 N–H and O–H groups in total. The van der Waals surface area contributed by atoms with Crippen LogP contribution in [0, 0.1) is 0 Å². The van der Waals surface area contributed by atoms with E-state index in [1.165, 1.54) is 0 Å². The Morgan fingerprint density at radius 3 is 2.94 bits per heavy atom. The molecule has 16 heavy (non-hydrogen) atoms. The highest BCUT2D eigenvalue weighted by atomic mass is 16.1. The minimum absolute atomic E-state index is 0.110. The second kappa shape index (κ2) is 3.76. The van der Waals surface area contributed by atoms with Gasteiger partial charge in [-0.3, -0.25) is 9.59 Å². The van der Waals surface area contributed by atoms with Crippen molar-refractivity contribution in [2.75, 3.05) is 5.73 Å². The first-order valence-corrected chi connectivity index (χ1v) is 4.95. The highest BCUT2D eigenvalue weighted by Gasteiger charge is 2.17. The van der Waals surface area contributed by atoms with E-state index >= 15 is 0 Å². The first-order chi connectivity index (χ1) is 7.61. The number of Topliss-reactive ketones (excluding diaryl/α,β-unsaturated/α-hetero) is 1. The second-order valence-corrected chi connectivity index (χ2v) is 3.47. The third-order valence-corrected chi connectivity index (χ3v) is 2.17. The van der Waals surface area contributed by atoms with Crippen LogP contribution in [0.2, 0.25) is 0 Å². The number of carbonyl (C=O) groups excluding carboxylic acids is 1. The average Bonchev–Trinajstić information content (AvgIpc) is 2.62. The van der Waals surface area contributed by atoms with Crippen molar-refractivity contribution in [1.82, 2.24) is 15.0 Å². The molecule has 0 aromatic carbocycles. The van der Waals surface area contributed by atoms with Gasteiger partial charge in [0, 0.05) is 6.42 Å². The Morgan fingerprint density at radius 2 is 2.25 bits per heavy atom. The minimum atomic E-state index is -0.394. The lowest BCUT2D eigenvalue weighted by Crippen LogP contribution is -2.21. The van der Waals surface area contributed by atoms with Gasteiger partial charge in [0.05, 0.1) is 0 Å². The van der Waals surface area contributed by atoms with E-state index in [1.54, 1.807) is 0 Å². The number of carbonyl (C=O) groups is 1. The maximum Gasteiger partial charge on any atom is 0.322 e. The average molecular weight is 222 g/mol. The van der Waals surface area contributed by atoms with Crippen LogP contribution in [-0.4, -0.2) is 20.7 Å². The van der Waals surface area contributed by atoms with Crippen molar-refractivity contribution < 1.29 is 9.78 Å². The van der Waals surface area contributed by atoms with Gasteiger partial charge in [-0.05, 0) is 6.42 Å². The number of H-pyrrole nitrogens is 3. The number of hydrogen-bond donors (Lipinski definition) is 3. The normalized spacial score (nSPS) is 10.8. The molecule has 0 aliphatic heterocycles. The Bertz CT molecular complexity index is 597. The number of nitrogens with one attached hydrogen (secondary N) is 3. The van der Waals surface area contributed by atoms with E-state index in [9.17, 15) is 9.59 Å². The van der Waals surface area contributed by atoms with E-state index < -0.39 is 5.56 Å². The largest absolute Gasteiger partial charge is 0.322 e. The summed E-state index contributed by atoms with van der Waals surface area (Å²) in [6.45, 7) is 1.90. The van der Waals surface area contributed by atoms with Crippen LogP contribution >= 0.6 is 0 Å². The topological polar surface area (TPSA) is 119 Å². The SMILES string of the molecule is CCCC(=O)c1nc2[nH+]c(N)[nH]c(=O)c2[nH]1. The molecular formula is C9H12N5O2+. The molecule has 2 aromatic heterocycles. The predicted octanol–water partition coefficient (Wildman–Crippen LogP) is -0.370. The number of imidazole rings is 1. The summed E-state index contributed by atoms with van der Waals surface area (Å²) in [5.41, 5.74) is 5.55. The summed E-state index contributed by atoms with van der Waals surface area (Å²) < 4.78 is 0. The van der Waals surface area contributed by atoms with Crippen molar-refractivity contribution >= 4 is 22.9 Å². The van der Waals surface area contributed by atoms with Gasteiger partial charge in [0.25, 0.3) is 5.65 Å². The molecule has 0 saturated carbocycles. The molecule has 0 atom stereocenters. The number of ketones is 1. The zero-order valence-corrected chi connectivity index (χ0v) is 8.76. The van der Waals surface area contributed by atoms with E-state index in [2.05, 4.69) is 19.9 Å². The molecule has 2 heterocycles. The highest BCUT2D eigenvalue weighted by molar-refractivity contribution is 5.94. The lowest BCUT2D eigenvalue weighted by Gasteiger charge is -1.88. The fourth-order valence-electron chi connectivity index (χ4n) is 1.45. The summed E-state index contributed by atoms with van der Waals surface area (Å²) in [5, 5.41) is 0. The summed E-state index contributed by atoms with van der Waals surface area (Å²) in [6.07, 6.45) is 1.13. The molecule has 0 aliphatic rings. The first-order valence-electron chi connectivity index (χ1n) is 4.95. The van der Waals surface area contributed by atoms with Crippen molar-refractivity contribution in [2.45, 2.75) is 19.8 Å². The first kappa shape index (κ1) is 10.3. The number of anilines is 1. The van der Waals surface area contributed by atoms with Crippen molar-refractivity contribution in [1.29, 1.82) is 0 Å². The van der Waals surface area contributed by atoms with Crippen LogP contribution in [0.5, 0.6) is 0 Å². The smallest absolute Gasteiger partial charge is 0.316 e. The number of aromatic amines is 3. The molecule has 0 spiro atoms. The highest BCUT2D eigenvalue weighted by Crippen LogP contribution is 2.04. The predicted molar refractivity (Wildman–Crippen MR) is 56.9 cm³/mol. The van der Waals surface area contributed by atoms with Gasteiger partial charge in [-0.25, -0.2) is 9.97 Å². The fourth-order valence-corrected chi connectivity index (χ4v) is 1.45. The van der Waals surface area contributed by atoms with E-state index in [1.807, 2.05) is 6.92 Å². The molecule has 7 nitrogen and oxygen atoms in total. The van der Waals surface area contributed by atoms with Gasteiger partial charge in [0.1, 0.15) is 0 Å². The van der Waals surface area contributed by atoms with E-state index in [0.29, 0.717) is 12.1 Å². The Labute approximate surface area is 90.1 Å². The van der Waals surface area contributed by atoms with Crippen LogP contribution in [0.25, 0.3) is 11.2 Å². The number of nitrogens with two attached hydrogens (primary N) is 1. The number of nitrogen functional groups attached to an aromatic ring is 1. The molecule has 0 radical (unpaired) electrons. The number of fused-ring (bicyclic) bond motifs is 1. The quantitative estimate of drug-likeness (QED) is 0.614. The lowest BCUT2D eigenvalue weighted by atomic mass is 10.2. The molecule has 0 bridgehead atoms. The van der Waals surface area contributed by atoms with Gasteiger partial charge >= 0.3 is 11.5 Å². The maximum absolute atomic E-state index is 11.6. The van der Waals surface area contributed by atoms with Crippen LogP contribution in [-0.2, 0) is 0 Å². The molecule has 84 valence electrons. The standard InChI is InChI=1S/C9H11N5O2/c1-2-3-4(15)6-11-5-7(12-6)13-9(10)14-8(5)16/h2-3H2,1H3,(H4,10,11,12,13,14,16)/p+1. The van der Waals surface area contributed by atoms with Crippen LogP contribution < -0.4 is 16.3 Å². The van der Waals surface area contributed by atoms with Crippen molar-refractivity contribution in [3.8, 4) is 0 Å². The van der Waals surface area contributed by atoms with E-state index in [-0.39, 0.29) is 23.1 Å². The van der Waals surface area contributed by atoms with E-state index in [0.717, 1.165) is 6.42 Å². The van der Waals surface area contributed by atoms with E-state index in [4.69, 9.17) is 5.73 Å². The minimum Gasteiger partial charge on any atom is -0.316 e. The lowest BCUT2D eigenvalue weighted by molar-refractivity contribution is -0.333. The molecular weight excluding hydrogens is 210 g/mol. The molecule has 0 saturated heterocycles. The molecule has 2 rings (SSSR count). The van der Waals surface area contributed by atoms with Gasteiger partial charge in [-0.1, -0.05) is 6.92 Å². The number of hydrogen-bond acceptors (Lipinski definition) is 4. The van der Waals surface area contributed by atoms with Gasteiger partial charge in [0.15, 0.2) is 5.52 Å². The van der Waals surface area contributed by atoms with Crippen LogP contribution in [0.1, 0.15) is 30.4 Å². The molecule has 0 aliphatic carbocycles. The Morgan fingerprint density at radius 1 is 1.50 bits per heavy atom. The zero-order valence-electron chi connectivity index (χ0n) is 8.76. The second-order valence-electron chi connectivity index (χ2n) is 3.47. The van der Waals surface area contributed by atoms with Gasteiger partial charge in [-0.15, -0.1) is 4.98 Å². The molecule has 0 unspecified atom stereocenters. The number of aromatic nitrogens is 4.